The Morgan fingerprint density at radius 2 is 1.86 bits per heavy atom. The second kappa shape index (κ2) is 8.30. The summed E-state index contributed by atoms with van der Waals surface area (Å²) in [5, 5.41) is 0. The van der Waals surface area contributed by atoms with Gasteiger partial charge in [-0.3, -0.25) is 9.69 Å². The molecule has 1 saturated heterocycles. The highest BCUT2D eigenvalue weighted by atomic mass is 16.2. The number of nitrogens with zero attached hydrogens (tertiary/aromatic N) is 2. The molecule has 0 aliphatic carbocycles. The summed E-state index contributed by atoms with van der Waals surface area (Å²) in [4.78, 5) is 17.0. The summed E-state index contributed by atoms with van der Waals surface area (Å²) < 4.78 is 0. The third-order valence-electron chi connectivity index (χ3n) is 4.53. The SMILES string of the molecule is CC1CCCC(C)N1C(=O)CN(CCN)Cc1ccccc1. The minimum absolute atomic E-state index is 0.240. The zero-order valence-corrected chi connectivity index (χ0v) is 13.9. The molecule has 1 fully saturated rings. The average Bonchev–Trinajstić information content (AvgIpc) is 2.48. The molecule has 2 rings (SSSR count). The summed E-state index contributed by atoms with van der Waals surface area (Å²) in [7, 11) is 0. The van der Waals surface area contributed by atoms with Crippen LogP contribution in [0.25, 0.3) is 0 Å². The quantitative estimate of drug-likeness (QED) is 0.877. The van der Waals surface area contributed by atoms with E-state index in [1.165, 1.54) is 12.0 Å². The zero-order valence-electron chi connectivity index (χ0n) is 13.9. The molecule has 1 amide bonds. The van der Waals surface area contributed by atoms with Gasteiger partial charge in [0.05, 0.1) is 6.54 Å². The first-order valence-electron chi connectivity index (χ1n) is 8.39. The van der Waals surface area contributed by atoms with Gasteiger partial charge in [-0.05, 0) is 38.7 Å². The van der Waals surface area contributed by atoms with E-state index in [4.69, 9.17) is 5.73 Å². The molecule has 2 unspecified atom stereocenters. The van der Waals surface area contributed by atoms with Gasteiger partial charge in [0.25, 0.3) is 0 Å². The highest BCUT2D eigenvalue weighted by Gasteiger charge is 2.29. The van der Waals surface area contributed by atoms with Crippen molar-refractivity contribution in [3.63, 3.8) is 0 Å². The van der Waals surface area contributed by atoms with Gasteiger partial charge in [-0.25, -0.2) is 0 Å². The number of piperidine rings is 1. The van der Waals surface area contributed by atoms with Crippen molar-refractivity contribution in [1.82, 2.24) is 9.80 Å². The summed E-state index contributed by atoms with van der Waals surface area (Å²) in [5.74, 6) is 0.240. The molecular formula is C18H29N3O. The standard InChI is InChI=1S/C18H29N3O/c1-15-7-6-8-16(2)21(15)18(22)14-20(12-11-19)13-17-9-4-3-5-10-17/h3-5,9-10,15-16H,6-8,11-14,19H2,1-2H3. The fourth-order valence-electron chi connectivity index (χ4n) is 3.42. The van der Waals surface area contributed by atoms with Crippen LogP contribution in [-0.2, 0) is 11.3 Å². The molecule has 1 heterocycles. The molecule has 4 heteroatoms. The van der Waals surface area contributed by atoms with E-state index in [1.807, 2.05) is 18.2 Å². The van der Waals surface area contributed by atoms with E-state index in [0.29, 0.717) is 25.2 Å². The fraction of sp³-hybridized carbons (Fsp3) is 0.611. The van der Waals surface area contributed by atoms with Gasteiger partial charge in [-0.2, -0.15) is 0 Å². The van der Waals surface area contributed by atoms with Gasteiger partial charge in [0.1, 0.15) is 0 Å². The third kappa shape index (κ3) is 4.55. The maximum Gasteiger partial charge on any atom is 0.237 e. The fourth-order valence-corrected chi connectivity index (χ4v) is 3.42. The van der Waals surface area contributed by atoms with Gasteiger partial charge in [-0.1, -0.05) is 30.3 Å². The highest BCUT2D eigenvalue weighted by molar-refractivity contribution is 5.79. The van der Waals surface area contributed by atoms with Crippen molar-refractivity contribution in [2.75, 3.05) is 19.6 Å². The van der Waals surface area contributed by atoms with Crippen LogP contribution in [0, 0.1) is 0 Å². The Morgan fingerprint density at radius 1 is 1.23 bits per heavy atom. The van der Waals surface area contributed by atoms with Crippen molar-refractivity contribution in [3.05, 3.63) is 35.9 Å². The van der Waals surface area contributed by atoms with Crippen LogP contribution >= 0.6 is 0 Å². The lowest BCUT2D eigenvalue weighted by Crippen LogP contribution is -2.51. The second-order valence-corrected chi connectivity index (χ2v) is 6.41. The lowest BCUT2D eigenvalue weighted by molar-refractivity contribution is -0.138. The van der Waals surface area contributed by atoms with Crippen LogP contribution in [0.1, 0.15) is 38.7 Å². The average molecular weight is 303 g/mol. The van der Waals surface area contributed by atoms with Crippen LogP contribution in [0.3, 0.4) is 0 Å². The largest absolute Gasteiger partial charge is 0.336 e. The molecule has 1 aromatic rings. The van der Waals surface area contributed by atoms with Gasteiger partial charge < -0.3 is 10.6 Å². The number of hydrogen-bond acceptors (Lipinski definition) is 3. The highest BCUT2D eigenvalue weighted by Crippen LogP contribution is 2.22. The monoisotopic (exact) mass is 303 g/mol. The van der Waals surface area contributed by atoms with Crippen LogP contribution in [-0.4, -0.2) is 47.4 Å². The summed E-state index contributed by atoms with van der Waals surface area (Å²) in [6, 6.07) is 11.0. The lowest BCUT2D eigenvalue weighted by atomic mass is 9.97. The molecule has 22 heavy (non-hydrogen) atoms. The number of hydrogen-bond donors (Lipinski definition) is 1. The van der Waals surface area contributed by atoms with Crippen LogP contribution in [0.5, 0.6) is 0 Å². The van der Waals surface area contributed by atoms with Crippen LogP contribution in [0.2, 0.25) is 0 Å². The first kappa shape index (κ1) is 17.0. The molecule has 2 N–H and O–H groups in total. The van der Waals surface area contributed by atoms with E-state index in [9.17, 15) is 4.79 Å². The predicted octanol–water partition coefficient (Wildman–Crippen LogP) is 2.24. The number of nitrogens with two attached hydrogens (primary N) is 1. The number of carbonyl (C=O) groups is 1. The summed E-state index contributed by atoms with van der Waals surface area (Å²) >= 11 is 0. The smallest absolute Gasteiger partial charge is 0.237 e. The summed E-state index contributed by atoms with van der Waals surface area (Å²) in [6.07, 6.45) is 3.46. The van der Waals surface area contributed by atoms with Crippen LogP contribution in [0.4, 0.5) is 0 Å². The molecule has 4 nitrogen and oxygen atoms in total. The molecule has 0 saturated carbocycles. The topological polar surface area (TPSA) is 49.6 Å². The first-order chi connectivity index (χ1) is 10.6. The molecule has 1 aromatic carbocycles. The molecule has 0 spiro atoms. The Morgan fingerprint density at radius 3 is 2.45 bits per heavy atom. The van der Waals surface area contributed by atoms with E-state index in [-0.39, 0.29) is 5.91 Å². The molecule has 0 radical (unpaired) electrons. The van der Waals surface area contributed by atoms with E-state index < -0.39 is 0 Å². The van der Waals surface area contributed by atoms with Crippen molar-refractivity contribution < 1.29 is 4.79 Å². The minimum Gasteiger partial charge on any atom is -0.336 e. The molecular weight excluding hydrogens is 274 g/mol. The normalized spacial score (nSPS) is 22.1. The van der Waals surface area contributed by atoms with Gasteiger partial charge in [-0.15, -0.1) is 0 Å². The summed E-state index contributed by atoms with van der Waals surface area (Å²) in [5.41, 5.74) is 6.95. The molecule has 122 valence electrons. The Labute approximate surface area is 134 Å². The molecule has 1 aliphatic rings. The molecule has 0 aromatic heterocycles. The molecule has 2 atom stereocenters. The van der Waals surface area contributed by atoms with Crippen molar-refractivity contribution in [1.29, 1.82) is 0 Å². The number of carbonyl (C=O) groups excluding carboxylic acids is 1. The van der Waals surface area contributed by atoms with Gasteiger partial charge in [0.2, 0.25) is 5.91 Å². The Balaban J connectivity index is 1.98. The Kier molecular flexibility index (Phi) is 6.40. The lowest BCUT2D eigenvalue weighted by Gasteiger charge is -2.40. The maximum absolute atomic E-state index is 12.7. The minimum atomic E-state index is 0.240. The third-order valence-corrected chi connectivity index (χ3v) is 4.53. The van der Waals surface area contributed by atoms with Crippen molar-refractivity contribution in [3.8, 4) is 0 Å². The molecule has 0 bridgehead atoms. The Bertz CT molecular complexity index is 453. The number of amides is 1. The predicted molar refractivity (Wildman–Crippen MR) is 90.4 cm³/mol. The van der Waals surface area contributed by atoms with Crippen molar-refractivity contribution >= 4 is 5.91 Å². The zero-order chi connectivity index (χ0) is 15.9. The Hall–Kier alpha value is -1.39. The number of rotatable bonds is 6. The maximum atomic E-state index is 12.7. The molecule has 1 aliphatic heterocycles. The van der Waals surface area contributed by atoms with Crippen molar-refractivity contribution in [2.24, 2.45) is 5.73 Å². The van der Waals surface area contributed by atoms with Crippen LogP contribution < -0.4 is 5.73 Å². The summed E-state index contributed by atoms with van der Waals surface area (Å²) in [6.45, 7) is 6.89. The van der Waals surface area contributed by atoms with E-state index in [2.05, 4.69) is 35.8 Å². The van der Waals surface area contributed by atoms with Gasteiger partial charge in [0, 0.05) is 31.7 Å². The van der Waals surface area contributed by atoms with Crippen LogP contribution in [0.15, 0.2) is 30.3 Å². The second-order valence-electron chi connectivity index (χ2n) is 6.41. The number of benzene rings is 1. The van der Waals surface area contributed by atoms with E-state index in [1.54, 1.807) is 0 Å². The van der Waals surface area contributed by atoms with E-state index >= 15 is 0 Å². The van der Waals surface area contributed by atoms with Crippen molar-refractivity contribution in [2.45, 2.75) is 51.7 Å². The number of likely N-dealkylation sites (tertiary alicyclic amines) is 1. The first-order valence-corrected chi connectivity index (χ1v) is 8.39. The van der Waals surface area contributed by atoms with Gasteiger partial charge in [0.15, 0.2) is 0 Å². The van der Waals surface area contributed by atoms with E-state index in [0.717, 1.165) is 25.9 Å². The van der Waals surface area contributed by atoms with Gasteiger partial charge >= 0.3 is 0 Å².